The van der Waals surface area contributed by atoms with Crippen molar-refractivity contribution in [3.8, 4) is 23.0 Å². The summed E-state index contributed by atoms with van der Waals surface area (Å²) in [4.78, 5) is 0. The highest BCUT2D eigenvalue weighted by atomic mass is 16.3. The van der Waals surface area contributed by atoms with Crippen molar-refractivity contribution in [1.82, 2.24) is 0 Å². The van der Waals surface area contributed by atoms with Crippen molar-refractivity contribution in [3.05, 3.63) is 175 Å². The predicted octanol–water partition coefficient (Wildman–Crippen LogP) is 18.4. The average molecular weight is 999 g/mol. The Balaban J connectivity index is 1.11. The summed E-state index contributed by atoms with van der Waals surface area (Å²) < 4.78 is 0. The number of aliphatic hydroxyl groups is 2. The molecule has 6 heteroatoms. The lowest BCUT2D eigenvalue weighted by molar-refractivity contribution is 0.357. The van der Waals surface area contributed by atoms with Gasteiger partial charge in [-0.1, -0.05) is 132 Å². The molecule has 6 N–H and O–H groups in total. The van der Waals surface area contributed by atoms with Gasteiger partial charge in [-0.15, -0.1) is 0 Å². The van der Waals surface area contributed by atoms with Gasteiger partial charge in [0.2, 0.25) is 0 Å². The Hall–Kier alpha value is -5.62. The van der Waals surface area contributed by atoms with Crippen LogP contribution >= 0.6 is 0 Å². The van der Waals surface area contributed by atoms with Gasteiger partial charge in [0.15, 0.2) is 0 Å². The van der Waals surface area contributed by atoms with E-state index < -0.39 is 0 Å². The second kappa shape index (κ2) is 23.9. The molecule has 5 aliphatic carbocycles. The first-order chi connectivity index (χ1) is 35.7. The molecule has 74 heavy (non-hydrogen) atoms. The molecule has 4 aromatic rings. The van der Waals surface area contributed by atoms with Crippen LogP contribution in [0.1, 0.15) is 239 Å². The maximum Gasteiger partial charge on any atom is 0.119 e. The number of phenolic OH excluding ortho intramolecular Hbond substituents is 4. The van der Waals surface area contributed by atoms with Crippen LogP contribution in [0.15, 0.2) is 114 Å². The Kier molecular flexibility index (Phi) is 17.2. The van der Waals surface area contributed by atoms with Crippen LogP contribution in [0.2, 0.25) is 0 Å². The molecule has 0 aromatic heterocycles. The minimum Gasteiger partial charge on any atom is -0.508 e. The molecule has 4 aromatic carbocycles. The van der Waals surface area contributed by atoms with Gasteiger partial charge in [-0.2, -0.15) is 0 Å². The van der Waals surface area contributed by atoms with Crippen molar-refractivity contribution in [2.75, 3.05) is 0 Å². The SMILES string of the molecule is C=C(C)/C=C(O)\C(=C/CC(C1=C(O)C=CC(Cc2ccc(O)c(C(c3cc(C4CCCCC4)c(O)cc3C)c3cc(C4CCCCC4)c(O)cc3C)c2)C1)c1cc(C2CCCCC2)c(O)cc1C)C1CCCCC1. The predicted molar refractivity (Wildman–Crippen MR) is 303 cm³/mol. The van der Waals surface area contributed by atoms with E-state index in [2.05, 4.69) is 63.8 Å². The van der Waals surface area contributed by atoms with Gasteiger partial charge in [0.05, 0.1) is 0 Å². The molecule has 0 bridgehead atoms. The number of aryl methyl sites for hydroxylation is 3. The van der Waals surface area contributed by atoms with Crippen LogP contribution in [0.25, 0.3) is 0 Å². The fourth-order valence-electron chi connectivity index (χ4n) is 14.3. The van der Waals surface area contributed by atoms with Crippen LogP contribution in [0.5, 0.6) is 23.0 Å². The lowest BCUT2D eigenvalue weighted by Crippen LogP contribution is -2.17. The third-order valence-electron chi connectivity index (χ3n) is 18.3. The summed E-state index contributed by atoms with van der Waals surface area (Å²) in [5.74, 6) is 2.43. The summed E-state index contributed by atoms with van der Waals surface area (Å²) in [6, 6.07) is 18.6. The van der Waals surface area contributed by atoms with Gasteiger partial charge in [0.25, 0.3) is 0 Å². The monoisotopic (exact) mass is 999 g/mol. The second-order valence-corrected chi connectivity index (χ2v) is 23.7. The third-order valence-corrected chi connectivity index (χ3v) is 18.3. The Bertz CT molecular complexity index is 2700. The molecule has 0 heterocycles. The molecule has 4 fully saturated rings. The number of aromatic hydroxyl groups is 4. The number of allylic oxidation sites excluding steroid dienone is 7. The van der Waals surface area contributed by atoms with Crippen LogP contribution in [0.4, 0.5) is 0 Å². The number of benzene rings is 4. The van der Waals surface area contributed by atoms with Gasteiger partial charge in [-0.05, 0) is 231 Å². The largest absolute Gasteiger partial charge is 0.508 e. The highest BCUT2D eigenvalue weighted by Crippen LogP contribution is 2.49. The molecule has 0 saturated heterocycles. The summed E-state index contributed by atoms with van der Waals surface area (Å²) in [7, 11) is 0. The second-order valence-electron chi connectivity index (χ2n) is 23.7. The van der Waals surface area contributed by atoms with Crippen molar-refractivity contribution >= 4 is 0 Å². The molecule has 0 aliphatic heterocycles. The lowest BCUT2D eigenvalue weighted by Gasteiger charge is -2.31. The molecule has 0 amide bonds. The topological polar surface area (TPSA) is 121 Å². The summed E-state index contributed by atoms with van der Waals surface area (Å²) in [5, 5.41) is 70.6. The molecule has 6 nitrogen and oxygen atoms in total. The number of phenols is 4. The van der Waals surface area contributed by atoms with E-state index in [1.165, 1.54) is 25.7 Å². The van der Waals surface area contributed by atoms with Gasteiger partial charge < -0.3 is 30.6 Å². The zero-order chi connectivity index (χ0) is 52.0. The van der Waals surface area contributed by atoms with Crippen LogP contribution in [0, 0.1) is 32.6 Å². The minimum absolute atomic E-state index is 0.0367. The molecule has 2 unspecified atom stereocenters. The quantitative estimate of drug-likeness (QED) is 0.0401. The fourth-order valence-corrected chi connectivity index (χ4v) is 14.3. The van der Waals surface area contributed by atoms with E-state index in [1.807, 2.05) is 43.3 Å². The molecule has 0 radical (unpaired) electrons. The Morgan fingerprint density at radius 3 is 1.51 bits per heavy atom. The van der Waals surface area contributed by atoms with Crippen LogP contribution < -0.4 is 0 Å². The van der Waals surface area contributed by atoms with Gasteiger partial charge >= 0.3 is 0 Å². The van der Waals surface area contributed by atoms with Crippen LogP contribution in [-0.2, 0) is 6.42 Å². The first kappa shape index (κ1) is 53.2. The normalized spacial score (nSPS) is 20.6. The van der Waals surface area contributed by atoms with E-state index in [4.69, 9.17) is 0 Å². The summed E-state index contributed by atoms with van der Waals surface area (Å²) in [5.41, 5.74) is 13.8. The van der Waals surface area contributed by atoms with E-state index in [9.17, 15) is 30.6 Å². The molecule has 4 saturated carbocycles. The standard InChI is InChI=1S/C68H86O6/c1-42(2)32-64(71)52(48-18-10-6-11-19-48)28-29-53(54-39-57(65(72)33-43(54)3)49-20-12-7-13-21-49)60-37-46(26-30-62(60)69)36-47-27-31-63(70)61(38-47)68(55-40-58(66(73)34-44(55)4)50-22-14-8-15-23-50)56-41-59(67(74)35-45(56)5)51-24-16-9-17-25-51/h26-28,30-35,38-41,46,48-51,53,68-74H,1,6-25,29,36-37H2,2-5H3/b52-28-,64-32+. The number of rotatable bonds is 15. The maximum absolute atomic E-state index is 12.2. The van der Waals surface area contributed by atoms with Crippen molar-refractivity contribution in [2.45, 2.75) is 205 Å². The highest BCUT2D eigenvalue weighted by Gasteiger charge is 2.33. The zero-order valence-corrected chi connectivity index (χ0v) is 45.2. The molecular formula is C68H86O6. The maximum atomic E-state index is 12.2. The number of hydrogen-bond acceptors (Lipinski definition) is 6. The van der Waals surface area contributed by atoms with Crippen molar-refractivity contribution in [2.24, 2.45) is 11.8 Å². The molecule has 394 valence electrons. The van der Waals surface area contributed by atoms with Crippen molar-refractivity contribution in [1.29, 1.82) is 0 Å². The molecule has 0 spiro atoms. The number of hydrogen-bond donors (Lipinski definition) is 6. The van der Waals surface area contributed by atoms with Gasteiger partial charge in [0, 0.05) is 17.4 Å². The summed E-state index contributed by atoms with van der Waals surface area (Å²) in [6.07, 6.45) is 32.4. The van der Waals surface area contributed by atoms with E-state index in [0.29, 0.717) is 42.4 Å². The Labute approximate surface area is 443 Å². The smallest absolute Gasteiger partial charge is 0.119 e. The number of aliphatic hydroxyl groups excluding tert-OH is 2. The molecular weight excluding hydrogens is 913 g/mol. The summed E-state index contributed by atoms with van der Waals surface area (Å²) in [6.45, 7) is 12.3. The highest BCUT2D eigenvalue weighted by molar-refractivity contribution is 5.59. The van der Waals surface area contributed by atoms with E-state index >= 15 is 0 Å². The van der Waals surface area contributed by atoms with Crippen LogP contribution in [0.3, 0.4) is 0 Å². The van der Waals surface area contributed by atoms with E-state index in [0.717, 1.165) is 181 Å². The Morgan fingerprint density at radius 2 is 1.03 bits per heavy atom. The first-order valence-corrected chi connectivity index (χ1v) is 28.9. The first-order valence-electron chi connectivity index (χ1n) is 28.9. The minimum atomic E-state index is -0.358. The van der Waals surface area contributed by atoms with Gasteiger partial charge in [-0.25, -0.2) is 0 Å². The van der Waals surface area contributed by atoms with E-state index in [1.54, 1.807) is 6.08 Å². The van der Waals surface area contributed by atoms with Gasteiger partial charge in [-0.3, -0.25) is 0 Å². The third kappa shape index (κ3) is 12.1. The average Bonchev–Trinajstić information content (AvgIpc) is 3.39. The summed E-state index contributed by atoms with van der Waals surface area (Å²) >= 11 is 0. The lowest BCUT2D eigenvalue weighted by atomic mass is 9.74. The van der Waals surface area contributed by atoms with Crippen LogP contribution in [-0.4, -0.2) is 30.6 Å². The van der Waals surface area contributed by atoms with Gasteiger partial charge in [0.1, 0.15) is 34.5 Å². The van der Waals surface area contributed by atoms with Crippen molar-refractivity contribution in [3.63, 3.8) is 0 Å². The molecule has 9 rings (SSSR count). The zero-order valence-electron chi connectivity index (χ0n) is 45.2. The van der Waals surface area contributed by atoms with Crippen molar-refractivity contribution < 1.29 is 30.6 Å². The Morgan fingerprint density at radius 1 is 0.568 bits per heavy atom. The molecule has 5 aliphatic rings. The fraction of sp³-hybridized carbons (Fsp3) is 0.500. The molecule has 2 atom stereocenters. The van der Waals surface area contributed by atoms with E-state index in [-0.39, 0.29) is 52.8 Å².